The quantitative estimate of drug-likeness (QED) is 0.746. The van der Waals surface area contributed by atoms with E-state index in [9.17, 15) is 4.79 Å². The number of pyridine rings is 1. The maximum atomic E-state index is 11.9. The van der Waals surface area contributed by atoms with Gasteiger partial charge in [0, 0.05) is 37.5 Å². The number of methoxy groups -OCH3 is 1. The van der Waals surface area contributed by atoms with Crippen molar-refractivity contribution in [2.75, 3.05) is 32.5 Å². The highest BCUT2D eigenvalue weighted by atomic mass is 16.5. The van der Waals surface area contributed by atoms with Gasteiger partial charge in [0.2, 0.25) is 0 Å². The van der Waals surface area contributed by atoms with Crippen LogP contribution < -0.4 is 5.73 Å². The first-order valence-corrected chi connectivity index (χ1v) is 10.2. The lowest BCUT2D eigenvalue weighted by Gasteiger charge is -2.43. The van der Waals surface area contributed by atoms with E-state index in [0.717, 1.165) is 37.1 Å². The summed E-state index contributed by atoms with van der Waals surface area (Å²) in [5, 5.41) is 0. The van der Waals surface area contributed by atoms with Gasteiger partial charge in [-0.1, -0.05) is 24.3 Å². The molecule has 0 atom stereocenters. The van der Waals surface area contributed by atoms with Gasteiger partial charge in [-0.25, -0.2) is 9.78 Å². The number of aromatic nitrogens is 1. The second kappa shape index (κ2) is 8.93. The number of nitrogen functional groups attached to an aromatic ring is 1. The Kier molecular flexibility index (Phi) is 6.55. The van der Waals surface area contributed by atoms with Crippen LogP contribution in [0.5, 0.6) is 0 Å². The molecule has 1 saturated heterocycles. The minimum absolute atomic E-state index is 0.171. The van der Waals surface area contributed by atoms with Crippen LogP contribution in [-0.4, -0.2) is 48.7 Å². The molecule has 0 saturated carbocycles. The number of ether oxygens (including phenoxy) is 2. The van der Waals surface area contributed by atoms with Crippen LogP contribution in [0.15, 0.2) is 36.5 Å². The largest absolute Gasteiger partial charge is 0.465 e. The molecule has 2 N–H and O–H groups in total. The third-order valence-corrected chi connectivity index (χ3v) is 5.82. The molecule has 6 heteroatoms. The highest BCUT2D eigenvalue weighted by Crippen LogP contribution is 2.38. The molecule has 1 aliphatic heterocycles. The molecule has 1 fully saturated rings. The van der Waals surface area contributed by atoms with Gasteiger partial charge in [0.05, 0.1) is 12.7 Å². The third kappa shape index (κ3) is 4.43. The van der Waals surface area contributed by atoms with E-state index >= 15 is 0 Å². The molecule has 1 aromatic heterocycles. The summed E-state index contributed by atoms with van der Waals surface area (Å²) in [6.07, 6.45) is 3.64. The molecule has 0 radical (unpaired) electrons. The molecule has 0 aliphatic carbocycles. The molecule has 1 aromatic carbocycles. The molecule has 2 heterocycles. The highest BCUT2D eigenvalue weighted by molar-refractivity contribution is 5.95. The van der Waals surface area contributed by atoms with Crippen molar-refractivity contribution < 1.29 is 14.3 Å². The van der Waals surface area contributed by atoms with Crippen LogP contribution in [0.4, 0.5) is 5.82 Å². The van der Waals surface area contributed by atoms with E-state index < -0.39 is 5.97 Å². The minimum atomic E-state index is -0.485. The normalized spacial score (nSPS) is 16.7. The predicted octanol–water partition coefficient (Wildman–Crippen LogP) is 3.85. The number of benzene rings is 1. The Morgan fingerprint density at radius 2 is 1.86 bits per heavy atom. The Hall–Kier alpha value is -2.44. The monoisotopic (exact) mass is 397 g/mol. The molecule has 0 bridgehead atoms. The van der Waals surface area contributed by atoms with Crippen molar-refractivity contribution >= 4 is 11.8 Å². The first-order valence-electron chi connectivity index (χ1n) is 10.2. The Morgan fingerprint density at radius 3 is 2.41 bits per heavy atom. The van der Waals surface area contributed by atoms with Gasteiger partial charge in [0.25, 0.3) is 0 Å². The number of rotatable bonds is 6. The summed E-state index contributed by atoms with van der Waals surface area (Å²) in [5.74, 6) is -0.315. The summed E-state index contributed by atoms with van der Waals surface area (Å²) < 4.78 is 11.1. The zero-order valence-corrected chi connectivity index (χ0v) is 17.8. The topological polar surface area (TPSA) is 77.7 Å². The molecule has 2 aromatic rings. The highest BCUT2D eigenvalue weighted by Gasteiger charge is 2.37. The van der Waals surface area contributed by atoms with E-state index in [0.29, 0.717) is 12.6 Å². The van der Waals surface area contributed by atoms with Crippen LogP contribution in [0.3, 0.4) is 0 Å². The first-order chi connectivity index (χ1) is 13.9. The van der Waals surface area contributed by atoms with Crippen LogP contribution in [0.1, 0.15) is 49.5 Å². The van der Waals surface area contributed by atoms with Crippen molar-refractivity contribution in [2.24, 2.45) is 0 Å². The molecule has 156 valence electrons. The van der Waals surface area contributed by atoms with Crippen LogP contribution in [0.25, 0.3) is 11.1 Å². The van der Waals surface area contributed by atoms with Crippen LogP contribution in [0, 0.1) is 0 Å². The van der Waals surface area contributed by atoms with Gasteiger partial charge in [0.15, 0.2) is 0 Å². The maximum Gasteiger partial charge on any atom is 0.341 e. The van der Waals surface area contributed by atoms with Crippen molar-refractivity contribution in [3.05, 3.63) is 47.7 Å². The van der Waals surface area contributed by atoms with Crippen LogP contribution in [-0.2, 0) is 15.1 Å². The number of esters is 1. The Bertz CT molecular complexity index is 841. The van der Waals surface area contributed by atoms with E-state index in [4.69, 9.17) is 15.2 Å². The van der Waals surface area contributed by atoms with Gasteiger partial charge in [-0.2, -0.15) is 0 Å². The number of hydrogen-bond donors (Lipinski definition) is 1. The number of piperidine rings is 1. The maximum absolute atomic E-state index is 11.9. The Labute approximate surface area is 173 Å². The summed E-state index contributed by atoms with van der Waals surface area (Å²) in [6, 6.07) is 10.6. The van der Waals surface area contributed by atoms with E-state index in [2.05, 4.69) is 54.9 Å². The van der Waals surface area contributed by atoms with E-state index in [1.807, 2.05) is 0 Å². The molecule has 0 spiro atoms. The Balaban J connectivity index is 1.86. The summed E-state index contributed by atoms with van der Waals surface area (Å²) >= 11 is 0. The van der Waals surface area contributed by atoms with Crippen molar-refractivity contribution in [2.45, 2.75) is 45.3 Å². The van der Waals surface area contributed by atoms with Crippen molar-refractivity contribution in [1.82, 2.24) is 9.88 Å². The number of likely N-dealkylation sites (tertiary alicyclic amines) is 1. The van der Waals surface area contributed by atoms with E-state index in [1.54, 1.807) is 12.3 Å². The first kappa shape index (κ1) is 21.3. The molecular formula is C23H31N3O3. The van der Waals surface area contributed by atoms with Crippen molar-refractivity contribution in [3.63, 3.8) is 0 Å². The van der Waals surface area contributed by atoms with Gasteiger partial charge in [-0.3, -0.25) is 0 Å². The second-order valence-corrected chi connectivity index (χ2v) is 7.78. The van der Waals surface area contributed by atoms with Crippen molar-refractivity contribution in [1.29, 1.82) is 0 Å². The van der Waals surface area contributed by atoms with E-state index in [1.165, 1.54) is 12.7 Å². The van der Waals surface area contributed by atoms with E-state index in [-0.39, 0.29) is 17.0 Å². The minimum Gasteiger partial charge on any atom is -0.465 e. The zero-order valence-electron chi connectivity index (χ0n) is 17.8. The molecule has 3 rings (SSSR count). The van der Waals surface area contributed by atoms with Crippen LogP contribution in [0.2, 0.25) is 0 Å². The third-order valence-electron chi connectivity index (χ3n) is 5.82. The second-order valence-electron chi connectivity index (χ2n) is 7.78. The number of carbonyl (C=O) groups is 1. The number of nitrogens with zero attached hydrogens (tertiary/aromatic N) is 2. The van der Waals surface area contributed by atoms with Gasteiger partial charge in [-0.05, 0) is 50.8 Å². The van der Waals surface area contributed by atoms with Crippen LogP contribution >= 0.6 is 0 Å². The molecular weight excluding hydrogens is 366 g/mol. The number of anilines is 1. The molecule has 0 amide bonds. The molecule has 29 heavy (non-hydrogen) atoms. The lowest BCUT2D eigenvalue weighted by Crippen LogP contribution is -2.46. The SMILES string of the molecule is CCOC1(c2ccc(-c3cnc(N)c(C(=O)OC)c3)cc2)CCN(C(C)C)CC1. The van der Waals surface area contributed by atoms with Gasteiger partial charge < -0.3 is 20.1 Å². The summed E-state index contributed by atoms with van der Waals surface area (Å²) in [5.41, 5.74) is 8.85. The van der Waals surface area contributed by atoms with Gasteiger partial charge in [0.1, 0.15) is 11.4 Å². The fourth-order valence-corrected chi connectivity index (χ4v) is 4.07. The predicted molar refractivity (Wildman–Crippen MR) is 115 cm³/mol. The Morgan fingerprint density at radius 1 is 1.21 bits per heavy atom. The fraction of sp³-hybridized carbons (Fsp3) is 0.478. The molecule has 0 unspecified atom stereocenters. The molecule has 6 nitrogen and oxygen atoms in total. The molecule has 1 aliphatic rings. The van der Waals surface area contributed by atoms with Gasteiger partial charge in [-0.15, -0.1) is 0 Å². The number of hydrogen-bond acceptors (Lipinski definition) is 6. The lowest BCUT2D eigenvalue weighted by atomic mass is 9.83. The summed E-state index contributed by atoms with van der Waals surface area (Å²) in [6.45, 7) is 9.29. The number of carbonyl (C=O) groups excluding carboxylic acids is 1. The fourth-order valence-electron chi connectivity index (χ4n) is 4.07. The summed E-state index contributed by atoms with van der Waals surface area (Å²) in [7, 11) is 1.33. The lowest BCUT2D eigenvalue weighted by molar-refractivity contribution is -0.0886. The zero-order chi connectivity index (χ0) is 21.0. The standard InChI is InChI=1S/C23H31N3O3/c1-5-29-23(10-12-26(13-11-23)16(2)3)19-8-6-17(7-9-19)18-14-20(22(27)28-4)21(24)25-15-18/h6-9,14-16H,5,10-13H2,1-4H3,(H2,24,25). The smallest absolute Gasteiger partial charge is 0.341 e. The average Bonchev–Trinajstić information content (AvgIpc) is 2.74. The summed E-state index contributed by atoms with van der Waals surface area (Å²) in [4.78, 5) is 18.6. The van der Waals surface area contributed by atoms with Crippen molar-refractivity contribution in [3.8, 4) is 11.1 Å². The number of nitrogens with two attached hydrogens (primary N) is 1. The average molecular weight is 398 g/mol. The van der Waals surface area contributed by atoms with Gasteiger partial charge >= 0.3 is 5.97 Å².